The van der Waals surface area contributed by atoms with Crippen LogP contribution in [0.1, 0.15) is 35.7 Å². The van der Waals surface area contributed by atoms with Gasteiger partial charge in [0.2, 0.25) is 0 Å². The minimum absolute atomic E-state index is 0.491. The van der Waals surface area contributed by atoms with Gasteiger partial charge in [-0.3, -0.25) is 0 Å². The Hall–Kier alpha value is -0.380. The second kappa shape index (κ2) is 5.10. The van der Waals surface area contributed by atoms with Gasteiger partial charge in [-0.05, 0) is 50.4 Å². The van der Waals surface area contributed by atoms with Crippen LogP contribution in [0.3, 0.4) is 0 Å². The smallest absolute Gasteiger partial charge is 0.0570 e. The lowest BCUT2D eigenvalue weighted by Gasteiger charge is -2.31. The van der Waals surface area contributed by atoms with Crippen LogP contribution in [-0.4, -0.2) is 19.6 Å². The maximum atomic E-state index is 3.63. The lowest BCUT2D eigenvalue weighted by atomic mass is 9.96. The van der Waals surface area contributed by atoms with E-state index in [1.165, 1.54) is 36.2 Å². The van der Waals surface area contributed by atoms with Gasteiger partial charge in [-0.1, -0.05) is 6.42 Å². The molecule has 2 heterocycles. The molecule has 1 fully saturated rings. The third kappa shape index (κ3) is 2.41. The van der Waals surface area contributed by atoms with E-state index in [0.717, 1.165) is 0 Å². The van der Waals surface area contributed by atoms with Gasteiger partial charge in [0.05, 0.1) is 6.04 Å². The van der Waals surface area contributed by atoms with E-state index in [9.17, 15) is 0 Å². The summed E-state index contributed by atoms with van der Waals surface area (Å²) in [6, 6.07) is 3.32. The highest BCUT2D eigenvalue weighted by molar-refractivity contribution is 7.10. The molecule has 0 bridgehead atoms. The number of likely N-dealkylation sites (N-methyl/N-ethyl adjacent to an activating group) is 1. The number of hydrogen-bond acceptors (Lipinski definition) is 3. The Labute approximate surface area is 96.1 Å². The predicted molar refractivity (Wildman–Crippen MR) is 66.5 cm³/mol. The van der Waals surface area contributed by atoms with Gasteiger partial charge >= 0.3 is 0 Å². The summed E-state index contributed by atoms with van der Waals surface area (Å²) in [5.74, 6) is 0. The van der Waals surface area contributed by atoms with Gasteiger partial charge < -0.3 is 10.6 Å². The fourth-order valence-corrected chi connectivity index (χ4v) is 3.48. The third-order valence-corrected chi connectivity index (χ3v) is 4.35. The van der Waals surface area contributed by atoms with Crippen LogP contribution in [0.15, 0.2) is 11.4 Å². The lowest BCUT2D eigenvalue weighted by molar-refractivity contribution is 0.329. The Bertz CT molecular complexity index is 302. The average molecular weight is 224 g/mol. The van der Waals surface area contributed by atoms with Crippen molar-refractivity contribution in [2.45, 2.75) is 38.3 Å². The molecule has 1 aliphatic rings. The zero-order valence-corrected chi connectivity index (χ0v) is 10.4. The maximum Gasteiger partial charge on any atom is 0.0570 e. The van der Waals surface area contributed by atoms with Crippen molar-refractivity contribution in [2.75, 3.05) is 13.6 Å². The van der Waals surface area contributed by atoms with Crippen molar-refractivity contribution in [2.24, 2.45) is 0 Å². The molecule has 15 heavy (non-hydrogen) atoms. The molecule has 0 spiro atoms. The highest BCUT2D eigenvalue weighted by Crippen LogP contribution is 2.29. The van der Waals surface area contributed by atoms with Crippen LogP contribution in [0.25, 0.3) is 0 Å². The van der Waals surface area contributed by atoms with Gasteiger partial charge in [-0.2, -0.15) is 0 Å². The first-order valence-corrected chi connectivity index (χ1v) is 6.65. The van der Waals surface area contributed by atoms with E-state index >= 15 is 0 Å². The van der Waals surface area contributed by atoms with Crippen LogP contribution in [-0.2, 0) is 0 Å². The van der Waals surface area contributed by atoms with Gasteiger partial charge in [0.25, 0.3) is 0 Å². The Kier molecular flexibility index (Phi) is 3.78. The minimum atomic E-state index is 0.491. The van der Waals surface area contributed by atoms with Crippen molar-refractivity contribution >= 4 is 11.3 Å². The molecular formula is C12H20N2S. The van der Waals surface area contributed by atoms with Crippen molar-refractivity contribution in [3.63, 3.8) is 0 Å². The Morgan fingerprint density at radius 2 is 2.40 bits per heavy atom. The number of thiophene rings is 1. The Balaban J connectivity index is 2.12. The Morgan fingerprint density at radius 1 is 1.53 bits per heavy atom. The van der Waals surface area contributed by atoms with Gasteiger partial charge in [0.15, 0.2) is 0 Å². The van der Waals surface area contributed by atoms with Crippen molar-refractivity contribution in [3.05, 3.63) is 21.9 Å². The zero-order valence-electron chi connectivity index (χ0n) is 9.55. The SMILES string of the molecule is CNC(c1sccc1C)C1CCCCN1. The number of aryl methyl sites for hydroxylation is 1. The fraction of sp³-hybridized carbons (Fsp3) is 0.667. The summed E-state index contributed by atoms with van der Waals surface area (Å²) < 4.78 is 0. The third-order valence-electron chi connectivity index (χ3n) is 3.25. The van der Waals surface area contributed by atoms with Crippen molar-refractivity contribution in [1.82, 2.24) is 10.6 Å². The predicted octanol–water partition coefficient (Wildman–Crippen LogP) is 2.46. The van der Waals surface area contributed by atoms with Crippen LogP contribution in [0.2, 0.25) is 0 Å². The summed E-state index contributed by atoms with van der Waals surface area (Å²) in [7, 11) is 2.07. The Morgan fingerprint density at radius 3 is 2.93 bits per heavy atom. The van der Waals surface area contributed by atoms with Gasteiger partial charge in [-0.25, -0.2) is 0 Å². The van der Waals surface area contributed by atoms with E-state index in [1.807, 2.05) is 11.3 Å². The van der Waals surface area contributed by atoms with E-state index < -0.39 is 0 Å². The summed E-state index contributed by atoms with van der Waals surface area (Å²) in [5.41, 5.74) is 1.42. The molecule has 2 atom stereocenters. The molecule has 2 nitrogen and oxygen atoms in total. The summed E-state index contributed by atoms with van der Waals surface area (Å²) >= 11 is 1.87. The molecule has 1 aliphatic heterocycles. The number of piperidine rings is 1. The quantitative estimate of drug-likeness (QED) is 0.824. The highest BCUT2D eigenvalue weighted by atomic mass is 32.1. The van der Waals surface area contributed by atoms with Gasteiger partial charge in [0, 0.05) is 10.9 Å². The van der Waals surface area contributed by atoms with E-state index in [4.69, 9.17) is 0 Å². The largest absolute Gasteiger partial charge is 0.312 e. The normalized spacial score (nSPS) is 24.0. The molecule has 2 rings (SSSR count). The molecule has 0 radical (unpaired) electrons. The molecule has 2 unspecified atom stereocenters. The van der Waals surface area contributed by atoms with E-state index in [2.05, 4.69) is 36.1 Å². The molecule has 0 aliphatic carbocycles. The van der Waals surface area contributed by atoms with E-state index in [-0.39, 0.29) is 0 Å². The minimum Gasteiger partial charge on any atom is -0.312 e. The van der Waals surface area contributed by atoms with Gasteiger partial charge in [-0.15, -0.1) is 11.3 Å². The number of nitrogens with one attached hydrogen (secondary N) is 2. The van der Waals surface area contributed by atoms with Crippen LogP contribution in [0.5, 0.6) is 0 Å². The standard InChI is InChI=1S/C12H20N2S/c1-9-6-8-15-12(9)11(13-2)10-5-3-4-7-14-10/h6,8,10-11,13-14H,3-5,7H2,1-2H3. The molecule has 0 saturated carbocycles. The van der Waals surface area contributed by atoms with Crippen LogP contribution in [0, 0.1) is 6.92 Å². The molecule has 3 heteroatoms. The highest BCUT2D eigenvalue weighted by Gasteiger charge is 2.25. The monoisotopic (exact) mass is 224 g/mol. The van der Waals surface area contributed by atoms with Crippen molar-refractivity contribution < 1.29 is 0 Å². The first-order chi connectivity index (χ1) is 7.33. The van der Waals surface area contributed by atoms with Crippen LogP contribution < -0.4 is 10.6 Å². The number of rotatable bonds is 3. The molecule has 1 aromatic heterocycles. The summed E-state index contributed by atoms with van der Waals surface area (Å²) in [6.07, 6.45) is 3.99. The topological polar surface area (TPSA) is 24.1 Å². The van der Waals surface area contributed by atoms with Gasteiger partial charge in [0.1, 0.15) is 0 Å². The second-order valence-corrected chi connectivity index (χ2v) is 5.24. The van der Waals surface area contributed by atoms with E-state index in [1.54, 1.807) is 0 Å². The molecule has 0 aromatic carbocycles. The summed E-state index contributed by atoms with van der Waals surface area (Å²) in [5, 5.41) is 9.28. The van der Waals surface area contributed by atoms with Crippen LogP contribution in [0.4, 0.5) is 0 Å². The molecule has 0 amide bonds. The molecular weight excluding hydrogens is 204 g/mol. The zero-order chi connectivity index (χ0) is 10.7. The fourth-order valence-electron chi connectivity index (χ4n) is 2.38. The second-order valence-electron chi connectivity index (χ2n) is 4.29. The number of hydrogen-bond donors (Lipinski definition) is 2. The molecule has 84 valence electrons. The molecule has 2 N–H and O–H groups in total. The van der Waals surface area contributed by atoms with Crippen LogP contribution >= 0.6 is 11.3 Å². The average Bonchev–Trinajstić information content (AvgIpc) is 2.68. The van der Waals surface area contributed by atoms with Crippen molar-refractivity contribution in [3.8, 4) is 0 Å². The van der Waals surface area contributed by atoms with Crippen molar-refractivity contribution in [1.29, 1.82) is 0 Å². The van der Waals surface area contributed by atoms with E-state index in [0.29, 0.717) is 12.1 Å². The maximum absolute atomic E-state index is 3.63. The summed E-state index contributed by atoms with van der Waals surface area (Å²) in [6.45, 7) is 3.38. The molecule has 1 aromatic rings. The molecule has 1 saturated heterocycles. The summed E-state index contributed by atoms with van der Waals surface area (Å²) in [4.78, 5) is 1.50. The lowest BCUT2D eigenvalue weighted by Crippen LogP contribution is -2.43. The first kappa shape index (κ1) is 11.1. The first-order valence-electron chi connectivity index (χ1n) is 5.77.